The summed E-state index contributed by atoms with van der Waals surface area (Å²) in [6, 6.07) is 10.2. The lowest BCUT2D eigenvalue weighted by molar-refractivity contribution is -0.126. The quantitative estimate of drug-likeness (QED) is 0.839. The first kappa shape index (κ1) is 12.8. The third-order valence-electron chi connectivity index (χ3n) is 3.24. The molecule has 2 heterocycles. The minimum atomic E-state index is 0.135. The highest BCUT2D eigenvalue weighted by atomic mass is 79.9. The first-order valence-corrected chi connectivity index (χ1v) is 7.81. The number of carbonyl (C=O) groups is 1. The standard InChI is InChI=1S/C14H13BrN2OS/c1-16-13(18)9-19-14(16)10-6-7-17(8-10)12-5-3-2-4-11(12)15/h2-8,14H,9H2,1H3/t14-/m0/s1. The molecule has 1 aromatic carbocycles. The third kappa shape index (κ3) is 2.32. The van der Waals surface area contributed by atoms with Crippen molar-refractivity contribution in [2.45, 2.75) is 5.37 Å². The van der Waals surface area contributed by atoms with E-state index >= 15 is 0 Å². The van der Waals surface area contributed by atoms with E-state index < -0.39 is 0 Å². The van der Waals surface area contributed by atoms with Crippen molar-refractivity contribution in [1.82, 2.24) is 9.47 Å². The van der Waals surface area contributed by atoms with E-state index in [9.17, 15) is 4.79 Å². The van der Waals surface area contributed by atoms with Crippen LogP contribution in [-0.2, 0) is 4.79 Å². The lowest BCUT2D eigenvalue weighted by Crippen LogP contribution is -2.22. The monoisotopic (exact) mass is 336 g/mol. The highest BCUT2D eigenvalue weighted by Crippen LogP contribution is 2.37. The van der Waals surface area contributed by atoms with Gasteiger partial charge in [0.25, 0.3) is 0 Å². The Bertz CT molecular complexity index is 625. The first-order valence-electron chi connectivity index (χ1n) is 5.97. The molecule has 0 unspecified atom stereocenters. The van der Waals surface area contributed by atoms with Crippen LogP contribution in [0.4, 0.5) is 0 Å². The Balaban J connectivity index is 1.92. The zero-order chi connectivity index (χ0) is 13.4. The predicted octanol–water partition coefficient (Wildman–Crippen LogP) is 3.44. The van der Waals surface area contributed by atoms with Crippen LogP contribution in [-0.4, -0.2) is 28.2 Å². The number of halogens is 1. The van der Waals surface area contributed by atoms with Crippen molar-refractivity contribution >= 4 is 33.6 Å². The van der Waals surface area contributed by atoms with E-state index in [1.165, 1.54) is 0 Å². The second-order valence-electron chi connectivity index (χ2n) is 4.47. The van der Waals surface area contributed by atoms with Crippen LogP contribution in [0.2, 0.25) is 0 Å². The number of rotatable bonds is 2. The fourth-order valence-electron chi connectivity index (χ4n) is 2.18. The number of thioether (sulfide) groups is 1. The second kappa shape index (κ2) is 5.06. The number of carbonyl (C=O) groups excluding carboxylic acids is 1. The van der Waals surface area contributed by atoms with E-state index in [1.807, 2.05) is 36.3 Å². The lowest BCUT2D eigenvalue weighted by atomic mass is 10.3. The van der Waals surface area contributed by atoms with E-state index in [0.29, 0.717) is 5.75 Å². The molecule has 0 spiro atoms. The maximum atomic E-state index is 11.6. The number of aromatic nitrogens is 1. The van der Waals surface area contributed by atoms with E-state index in [1.54, 1.807) is 11.8 Å². The highest BCUT2D eigenvalue weighted by Gasteiger charge is 2.30. The molecule has 5 heteroatoms. The second-order valence-corrected chi connectivity index (χ2v) is 6.39. The molecule has 0 saturated carbocycles. The van der Waals surface area contributed by atoms with E-state index in [4.69, 9.17) is 0 Å². The third-order valence-corrected chi connectivity index (χ3v) is 5.23. The van der Waals surface area contributed by atoms with Crippen molar-refractivity contribution in [3.63, 3.8) is 0 Å². The summed E-state index contributed by atoms with van der Waals surface area (Å²) in [6.45, 7) is 0. The topological polar surface area (TPSA) is 25.2 Å². The number of benzene rings is 1. The summed E-state index contributed by atoms with van der Waals surface area (Å²) < 4.78 is 3.14. The van der Waals surface area contributed by atoms with Crippen LogP contribution in [0, 0.1) is 0 Å². The molecule has 0 radical (unpaired) electrons. The fourth-order valence-corrected chi connectivity index (χ4v) is 3.85. The average molecular weight is 337 g/mol. The molecule has 1 aromatic heterocycles. The van der Waals surface area contributed by atoms with E-state index in [0.717, 1.165) is 15.7 Å². The van der Waals surface area contributed by atoms with Crippen molar-refractivity contribution in [2.24, 2.45) is 0 Å². The van der Waals surface area contributed by atoms with Gasteiger partial charge in [-0.05, 0) is 34.1 Å². The molecule has 0 bridgehead atoms. The molecule has 3 nitrogen and oxygen atoms in total. The minimum Gasteiger partial charge on any atom is -0.329 e. The molecule has 19 heavy (non-hydrogen) atoms. The van der Waals surface area contributed by atoms with Crippen LogP contribution >= 0.6 is 27.7 Å². The summed E-state index contributed by atoms with van der Waals surface area (Å²) in [5.74, 6) is 0.769. The molecule has 0 aliphatic carbocycles. The van der Waals surface area contributed by atoms with Crippen molar-refractivity contribution in [3.8, 4) is 5.69 Å². The SMILES string of the molecule is CN1C(=O)CS[C@H]1c1ccn(-c2ccccc2Br)c1. The molecule has 1 fully saturated rings. The Morgan fingerprint density at radius 3 is 2.79 bits per heavy atom. The van der Waals surface area contributed by atoms with Crippen molar-refractivity contribution < 1.29 is 4.79 Å². The molecule has 1 amide bonds. The molecule has 2 aromatic rings. The Morgan fingerprint density at radius 1 is 1.32 bits per heavy atom. The van der Waals surface area contributed by atoms with Crippen LogP contribution < -0.4 is 0 Å². The maximum absolute atomic E-state index is 11.6. The normalized spacial score (nSPS) is 19.2. The van der Waals surface area contributed by atoms with Crippen LogP contribution in [0.1, 0.15) is 10.9 Å². The summed E-state index contributed by atoms with van der Waals surface area (Å²) in [5.41, 5.74) is 2.26. The van der Waals surface area contributed by atoms with Gasteiger partial charge in [0.2, 0.25) is 5.91 Å². The number of hydrogen-bond donors (Lipinski definition) is 0. The molecule has 1 atom stereocenters. The Morgan fingerprint density at radius 2 is 2.11 bits per heavy atom. The van der Waals surface area contributed by atoms with Crippen LogP contribution in [0.25, 0.3) is 5.69 Å². The number of para-hydroxylation sites is 1. The van der Waals surface area contributed by atoms with Crippen LogP contribution in [0.3, 0.4) is 0 Å². The van der Waals surface area contributed by atoms with Gasteiger partial charge in [-0.2, -0.15) is 0 Å². The molecular weight excluding hydrogens is 324 g/mol. The zero-order valence-electron chi connectivity index (χ0n) is 10.4. The lowest BCUT2D eigenvalue weighted by Gasteiger charge is -2.17. The Kier molecular flexibility index (Phi) is 3.41. The van der Waals surface area contributed by atoms with Crippen molar-refractivity contribution in [1.29, 1.82) is 0 Å². The number of hydrogen-bond acceptors (Lipinski definition) is 2. The number of nitrogens with zero attached hydrogens (tertiary/aromatic N) is 2. The molecule has 1 saturated heterocycles. The van der Waals surface area contributed by atoms with Crippen LogP contribution in [0.15, 0.2) is 47.2 Å². The fraction of sp³-hybridized carbons (Fsp3) is 0.214. The van der Waals surface area contributed by atoms with Gasteiger partial charge >= 0.3 is 0 Å². The summed E-state index contributed by atoms with van der Waals surface area (Å²) in [4.78, 5) is 13.4. The maximum Gasteiger partial charge on any atom is 0.233 e. The van der Waals surface area contributed by atoms with Gasteiger partial charge in [-0.25, -0.2) is 0 Å². The molecule has 1 aliphatic heterocycles. The minimum absolute atomic E-state index is 0.135. The smallest absolute Gasteiger partial charge is 0.233 e. The number of amides is 1. The molecule has 3 rings (SSSR count). The van der Waals surface area contributed by atoms with Gasteiger partial charge in [0.1, 0.15) is 5.37 Å². The average Bonchev–Trinajstić information content (AvgIpc) is 2.99. The van der Waals surface area contributed by atoms with Gasteiger partial charge in [-0.15, -0.1) is 11.8 Å². The predicted molar refractivity (Wildman–Crippen MR) is 81.4 cm³/mol. The largest absolute Gasteiger partial charge is 0.329 e. The summed E-state index contributed by atoms with van der Waals surface area (Å²) in [7, 11) is 1.86. The van der Waals surface area contributed by atoms with E-state index in [2.05, 4.69) is 38.8 Å². The molecule has 1 aliphatic rings. The zero-order valence-corrected chi connectivity index (χ0v) is 12.8. The van der Waals surface area contributed by atoms with E-state index in [-0.39, 0.29) is 11.3 Å². The van der Waals surface area contributed by atoms with Gasteiger partial charge in [-0.3, -0.25) is 4.79 Å². The first-order chi connectivity index (χ1) is 9.16. The molecule has 0 N–H and O–H groups in total. The van der Waals surface area contributed by atoms with Crippen molar-refractivity contribution in [2.75, 3.05) is 12.8 Å². The van der Waals surface area contributed by atoms with Crippen LogP contribution in [0.5, 0.6) is 0 Å². The summed E-state index contributed by atoms with van der Waals surface area (Å²) >= 11 is 5.23. The van der Waals surface area contributed by atoms with Crippen molar-refractivity contribution in [3.05, 3.63) is 52.8 Å². The Hall–Kier alpha value is -1.20. The van der Waals surface area contributed by atoms with Gasteiger partial charge in [0.05, 0.1) is 11.4 Å². The Labute approximate surface area is 124 Å². The van der Waals surface area contributed by atoms with Gasteiger partial charge in [0, 0.05) is 29.5 Å². The van der Waals surface area contributed by atoms with Gasteiger partial charge < -0.3 is 9.47 Å². The van der Waals surface area contributed by atoms with Gasteiger partial charge in [0.15, 0.2) is 0 Å². The molecule has 98 valence electrons. The van der Waals surface area contributed by atoms with Gasteiger partial charge in [-0.1, -0.05) is 12.1 Å². The highest BCUT2D eigenvalue weighted by molar-refractivity contribution is 9.10. The summed E-state index contributed by atoms with van der Waals surface area (Å²) in [6.07, 6.45) is 4.12. The summed E-state index contributed by atoms with van der Waals surface area (Å²) in [5, 5.41) is 0.135. The molecular formula is C14H13BrN2OS.